The molecule has 0 radical (unpaired) electrons. The number of amides is 2. The van der Waals surface area contributed by atoms with E-state index in [-0.39, 0.29) is 45.0 Å². The second-order valence-electron chi connectivity index (χ2n) is 10.5. The number of rotatable bonds is 12. The Hall–Kier alpha value is -4.01. The number of benzene rings is 1. The van der Waals surface area contributed by atoms with Gasteiger partial charge < -0.3 is 29.6 Å². The Morgan fingerprint density at radius 2 is 1.89 bits per heavy atom. The molecule has 1 saturated heterocycles. The molecule has 10 nitrogen and oxygen atoms in total. The number of anilines is 1. The van der Waals surface area contributed by atoms with E-state index in [1.165, 1.54) is 30.3 Å². The maximum atomic E-state index is 13.5. The van der Waals surface area contributed by atoms with E-state index < -0.39 is 43.0 Å². The van der Waals surface area contributed by atoms with E-state index in [0.717, 1.165) is 23.8 Å². The molecule has 3 heterocycles. The molecular formula is C29H28ClF4N5O5. The molecule has 1 aromatic carbocycles. The van der Waals surface area contributed by atoms with Crippen LogP contribution in [0.15, 0.2) is 47.4 Å². The molecule has 2 aliphatic rings. The zero-order valence-electron chi connectivity index (χ0n) is 23.4. The number of pyridine rings is 2. The minimum Gasteiger partial charge on any atom is -0.435 e. The van der Waals surface area contributed by atoms with E-state index in [2.05, 4.69) is 20.4 Å². The highest BCUT2D eigenvalue weighted by atomic mass is 35.5. The topological polar surface area (TPSA) is 115 Å². The lowest BCUT2D eigenvalue weighted by atomic mass is 9.97. The number of hydrogen-bond acceptors (Lipinski definition) is 7. The quantitative estimate of drug-likeness (QED) is 0.170. The molecule has 234 valence electrons. The van der Waals surface area contributed by atoms with Crippen molar-refractivity contribution >= 4 is 29.2 Å². The van der Waals surface area contributed by atoms with Gasteiger partial charge in [0.15, 0.2) is 0 Å². The van der Waals surface area contributed by atoms with Gasteiger partial charge in [-0.15, -0.1) is 0 Å². The van der Waals surface area contributed by atoms with Gasteiger partial charge in [-0.2, -0.15) is 8.78 Å². The van der Waals surface area contributed by atoms with E-state index in [4.69, 9.17) is 16.3 Å². The van der Waals surface area contributed by atoms with Crippen LogP contribution >= 0.6 is 11.6 Å². The summed E-state index contributed by atoms with van der Waals surface area (Å²) in [5, 5.41) is 5.65. The first-order valence-electron chi connectivity index (χ1n) is 13.6. The molecule has 2 fully saturated rings. The zero-order valence-corrected chi connectivity index (χ0v) is 24.2. The third-order valence-corrected chi connectivity index (χ3v) is 7.22. The van der Waals surface area contributed by atoms with Gasteiger partial charge >= 0.3 is 6.61 Å². The molecule has 2 aromatic heterocycles. The Kier molecular flexibility index (Phi) is 9.23. The van der Waals surface area contributed by atoms with Crippen molar-refractivity contribution in [3.05, 3.63) is 74.8 Å². The van der Waals surface area contributed by atoms with Crippen molar-refractivity contribution in [2.24, 2.45) is 0 Å². The van der Waals surface area contributed by atoms with Crippen LogP contribution in [0.3, 0.4) is 0 Å². The summed E-state index contributed by atoms with van der Waals surface area (Å²) in [6, 6.07) is 7.72. The third-order valence-electron chi connectivity index (χ3n) is 7.02. The molecule has 44 heavy (non-hydrogen) atoms. The van der Waals surface area contributed by atoms with Gasteiger partial charge in [0, 0.05) is 32.4 Å². The van der Waals surface area contributed by atoms with Crippen LogP contribution in [0.5, 0.6) is 5.75 Å². The molecule has 2 amide bonds. The number of aromatic nitrogens is 2. The lowest BCUT2D eigenvalue weighted by molar-refractivity contribution is -0.113. The van der Waals surface area contributed by atoms with Gasteiger partial charge in [0.2, 0.25) is 0 Å². The van der Waals surface area contributed by atoms with Crippen LogP contribution in [0.1, 0.15) is 45.2 Å². The molecular weight excluding hydrogens is 610 g/mol. The van der Waals surface area contributed by atoms with Gasteiger partial charge in [-0.25, -0.2) is 13.8 Å². The highest BCUT2D eigenvalue weighted by Gasteiger charge is 2.46. The van der Waals surface area contributed by atoms with Crippen molar-refractivity contribution in [3.8, 4) is 16.9 Å². The van der Waals surface area contributed by atoms with Crippen molar-refractivity contribution in [3.63, 3.8) is 0 Å². The number of carbonyl (C=O) groups excluding carboxylic acids is 2. The molecule has 0 atom stereocenters. The van der Waals surface area contributed by atoms with Crippen LogP contribution < -0.4 is 20.9 Å². The molecule has 0 unspecified atom stereocenters. The van der Waals surface area contributed by atoms with E-state index in [1.54, 1.807) is 17.9 Å². The average Bonchev–Trinajstić information content (AvgIpc) is 3.79. The summed E-state index contributed by atoms with van der Waals surface area (Å²) in [6.07, 6.45) is 3.36. The van der Waals surface area contributed by atoms with Crippen LogP contribution in [0.25, 0.3) is 11.1 Å². The molecule has 1 saturated carbocycles. The maximum Gasteiger partial charge on any atom is 0.387 e. The standard InChI is InChI=1S/C29H28ClF4N5O5/c1-43-7-6-35-12-16-8-22(27(42)39(13-16)18-2-3-18)25(40)37-24-10-17(9-23(30)36-24)20-5-4-19(44-28(31)32)11-21(20)26(41)38-14-29(33,34)15-38/h4-5,8-11,13,18,28,35H,2-3,6-7,12,14-15H2,1H3,(H,36,37,40). The number of hydrogen-bond donors (Lipinski definition) is 2. The Labute approximate surface area is 253 Å². The monoisotopic (exact) mass is 637 g/mol. The fourth-order valence-electron chi connectivity index (χ4n) is 4.81. The van der Waals surface area contributed by atoms with Crippen LogP contribution in [-0.2, 0) is 11.3 Å². The van der Waals surface area contributed by atoms with Gasteiger partial charge in [0.05, 0.1) is 25.3 Å². The van der Waals surface area contributed by atoms with E-state index in [9.17, 15) is 31.9 Å². The van der Waals surface area contributed by atoms with Crippen molar-refractivity contribution in [2.45, 2.75) is 38.0 Å². The molecule has 3 aromatic rings. The van der Waals surface area contributed by atoms with Gasteiger partial charge in [-0.1, -0.05) is 11.6 Å². The number of carbonyl (C=O) groups is 2. The minimum atomic E-state index is -3.18. The summed E-state index contributed by atoms with van der Waals surface area (Å²) in [6.45, 7) is -3.40. The van der Waals surface area contributed by atoms with E-state index in [1.807, 2.05) is 0 Å². The number of likely N-dealkylation sites (tertiary alicyclic amines) is 1. The summed E-state index contributed by atoms with van der Waals surface area (Å²) < 4.78 is 63.8. The summed E-state index contributed by atoms with van der Waals surface area (Å²) in [5.41, 5.74) is 0.302. The lowest BCUT2D eigenvalue weighted by Gasteiger charge is -2.39. The SMILES string of the molecule is COCCNCc1cc(C(=O)Nc2cc(-c3ccc(OC(F)F)cc3C(=O)N3CC(F)(F)C3)cc(Cl)n2)c(=O)n(C2CC2)c1. The number of nitrogens with zero attached hydrogens (tertiary/aromatic N) is 3. The van der Waals surface area contributed by atoms with Gasteiger partial charge in [0.25, 0.3) is 23.3 Å². The summed E-state index contributed by atoms with van der Waals surface area (Å²) in [7, 11) is 1.58. The largest absolute Gasteiger partial charge is 0.435 e. The fourth-order valence-corrected chi connectivity index (χ4v) is 5.01. The fraction of sp³-hybridized carbons (Fsp3) is 0.379. The van der Waals surface area contributed by atoms with Gasteiger partial charge in [0.1, 0.15) is 22.3 Å². The molecule has 2 N–H and O–H groups in total. The molecule has 5 rings (SSSR count). The van der Waals surface area contributed by atoms with Crippen LogP contribution in [-0.4, -0.2) is 72.2 Å². The van der Waals surface area contributed by atoms with Crippen LogP contribution in [0.4, 0.5) is 23.4 Å². The summed E-state index contributed by atoms with van der Waals surface area (Å²) >= 11 is 6.25. The van der Waals surface area contributed by atoms with E-state index in [0.29, 0.717) is 25.3 Å². The van der Waals surface area contributed by atoms with Crippen molar-refractivity contribution in [1.29, 1.82) is 0 Å². The smallest absolute Gasteiger partial charge is 0.387 e. The third kappa shape index (κ3) is 7.37. The normalized spacial score (nSPS) is 15.7. The molecule has 15 heteroatoms. The second kappa shape index (κ2) is 12.9. The predicted molar refractivity (Wildman–Crippen MR) is 153 cm³/mol. The molecule has 0 bridgehead atoms. The van der Waals surface area contributed by atoms with Crippen LogP contribution in [0.2, 0.25) is 5.15 Å². The Balaban J connectivity index is 1.45. The van der Waals surface area contributed by atoms with Gasteiger partial charge in [-0.05, 0) is 65.9 Å². The number of halogens is 5. The van der Waals surface area contributed by atoms with Gasteiger partial charge in [-0.3, -0.25) is 14.4 Å². The summed E-state index contributed by atoms with van der Waals surface area (Å²) in [5.74, 6) is -5.05. The van der Waals surface area contributed by atoms with Crippen molar-refractivity contribution < 1.29 is 36.6 Å². The first-order chi connectivity index (χ1) is 20.9. The number of alkyl halides is 4. The van der Waals surface area contributed by atoms with Crippen molar-refractivity contribution in [2.75, 3.05) is 38.7 Å². The number of ether oxygens (including phenoxy) is 2. The van der Waals surface area contributed by atoms with E-state index >= 15 is 0 Å². The Morgan fingerprint density at radius 1 is 1.14 bits per heavy atom. The van der Waals surface area contributed by atoms with Crippen molar-refractivity contribution in [1.82, 2.24) is 19.8 Å². The first kappa shape index (κ1) is 31.4. The lowest BCUT2D eigenvalue weighted by Crippen LogP contribution is -2.58. The highest BCUT2D eigenvalue weighted by Crippen LogP contribution is 2.36. The maximum absolute atomic E-state index is 13.5. The summed E-state index contributed by atoms with van der Waals surface area (Å²) in [4.78, 5) is 44.7. The number of methoxy groups -OCH3 is 1. The Morgan fingerprint density at radius 3 is 2.55 bits per heavy atom. The molecule has 1 aliphatic heterocycles. The second-order valence-corrected chi connectivity index (χ2v) is 10.9. The molecule has 1 aliphatic carbocycles. The first-order valence-corrected chi connectivity index (χ1v) is 14.0. The average molecular weight is 638 g/mol. The predicted octanol–water partition coefficient (Wildman–Crippen LogP) is 4.58. The van der Waals surface area contributed by atoms with Crippen LogP contribution in [0, 0.1) is 0 Å². The number of nitrogens with one attached hydrogen (secondary N) is 2. The zero-order chi connectivity index (χ0) is 31.6. The highest BCUT2D eigenvalue weighted by molar-refractivity contribution is 6.30. The Bertz CT molecular complexity index is 1620. The molecule has 0 spiro atoms. The minimum absolute atomic E-state index is 0.00297.